The number of thiophene rings is 1. The van der Waals surface area contributed by atoms with Crippen LogP contribution in [0.15, 0.2) is 30.3 Å². The van der Waals surface area contributed by atoms with E-state index in [4.69, 9.17) is 0 Å². The van der Waals surface area contributed by atoms with Crippen LogP contribution < -0.4 is 5.48 Å². The van der Waals surface area contributed by atoms with Crippen molar-refractivity contribution in [3.63, 3.8) is 0 Å². The minimum Gasteiger partial charge on any atom is -0.334 e. The van der Waals surface area contributed by atoms with E-state index in [0.29, 0.717) is 11.2 Å². The lowest BCUT2D eigenvalue weighted by atomic mass is 10.2. The lowest BCUT2D eigenvalue weighted by Crippen LogP contribution is -2.26. The number of benzene rings is 1. The summed E-state index contributed by atoms with van der Waals surface area (Å²) in [6.45, 7) is 0. The summed E-state index contributed by atoms with van der Waals surface area (Å²) in [5.74, 6) is -1.11. The van der Waals surface area contributed by atoms with Crippen molar-refractivity contribution in [2.75, 3.05) is 0 Å². The van der Waals surface area contributed by atoms with Crippen molar-refractivity contribution in [3.05, 3.63) is 35.2 Å². The second-order valence-electron chi connectivity index (χ2n) is 3.77. The summed E-state index contributed by atoms with van der Waals surface area (Å²) in [5, 5.41) is 0.951. The van der Waals surface area contributed by atoms with Crippen LogP contribution in [0.1, 0.15) is 22.5 Å². The molecule has 98 valence electrons. The van der Waals surface area contributed by atoms with Gasteiger partial charge in [-0.1, -0.05) is 18.2 Å². The third kappa shape index (κ3) is 3.38. The first kappa shape index (κ1) is 13.2. The second kappa shape index (κ2) is 6.10. The highest BCUT2D eigenvalue weighted by Gasteiger charge is 2.13. The maximum Gasteiger partial charge on any atom is 0.372 e. The molecule has 1 aromatic heterocycles. The van der Waals surface area contributed by atoms with Gasteiger partial charge in [-0.05, 0) is 17.5 Å². The van der Waals surface area contributed by atoms with E-state index in [1.165, 1.54) is 11.3 Å². The van der Waals surface area contributed by atoms with Gasteiger partial charge in [-0.3, -0.25) is 4.79 Å². The zero-order valence-corrected chi connectivity index (χ0v) is 10.7. The Bertz CT molecular complexity index is 587. The number of rotatable bonds is 4. The Kier molecular flexibility index (Phi) is 4.25. The van der Waals surface area contributed by atoms with Crippen LogP contribution in [0, 0.1) is 0 Å². The van der Waals surface area contributed by atoms with Crippen molar-refractivity contribution >= 4 is 39.6 Å². The van der Waals surface area contributed by atoms with E-state index in [1.54, 1.807) is 6.07 Å². The van der Waals surface area contributed by atoms with Crippen LogP contribution >= 0.6 is 11.3 Å². The number of carbonyl (C=O) groups excluding carboxylic acids is 3. The summed E-state index contributed by atoms with van der Waals surface area (Å²) < 4.78 is 0.974. The fraction of sp³-hybridized carbons (Fsp3) is 0.154. The molecule has 1 N–H and O–H groups in total. The summed E-state index contributed by atoms with van der Waals surface area (Å²) in [6, 6.07) is 9.27. The standard InChI is InChI=1S/C13H11NO4S/c15-7-3-6-12(16)14-18-13(17)11-8-9-4-1-2-5-10(9)19-11/h1-2,4-5,7-8H,3,6H2,(H,14,16). The molecular weight excluding hydrogens is 266 g/mol. The average Bonchev–Trinajstić information content (AvgIpc) is 2.86. The molecule has 5 nitrogen and oxygen atoms in total. The summed E-state index contributed by atoms with van der Waals surface area (Å²) in [4.78, 5) is 38.0. The van der Waals surface area contributed by atoms with Crippen molar-refractivity contribution in [2.45, 2.75) is 12.8 Å². The highest BCUT2D eigenvalue weighted by atomic mass is 32.1. The predicted molar refractivity (Wildman–Crippen MR) is 70.7 cm³/mol. The summed E-state index contributed by atoms with van der Waals surface area (Å²) in [7, 11) is 0. The van der Waals surface area contributed by atoms with E-state index < -0.39 is 11.9 Å². The first-order chi connectivity index (χ1) is 9.20. The van der Waals surface area contributed by atoms with Crippen molar-refractivity contribution in [2.24, 2.45) is 0 Å². The quantitative estimate of drug-likeness (QED) is 0.686. The SMILES string of the molecule is O=CCCC(=O)NOC(=O)c1cc2ccccc2s1. The Labute approximate surface area is 113 Å². The largest absolute Gasteiger partial charge is 0.372 e. The molecule has 0 aliphatic heterocycles. The van der Waals surface area contributed by atoms with E-state index in [-0.39, 0.29) is 12.8 Å². The first-order valence-corrected chi connectivity index (χ1v) is 6.44. The average molecular weight is 277 g/mol. The maximum absolute atomic E-state index is 11.7. The van der Waals surface area contributed by atoms with E-state index in [9.17, 15) is 14.4 Å². The predicted octanol–water partition coefficient (Wildman–Crippen LogP) is 2.07. The Balaban J connectivity index is 1.96. The Morgan fingerprint density at radius 2 is 2.11 bits per heavy atom. The zero-order valence-electron chi connectivity index (χ0n) is 9.92. The molecule has 1 amide bonds. The molecular formula is C13H11NO4S. The zero-order chi connectivity index (χ0) is 13.7. The molecule has 19 heavy (non-hydrogen) atoms. The van der Waals surface area contributed by atoms with Gasteiger partial charge in [-0.15, -0.1) is 11.3 Å². The molecule has 0 atom stereocenters. The van der Waals surface area contributed by atoms with Gasteiger partial charge in [-0.2, -0.15) is 5.48 Å². The molecule has 6 heteroatoms. The van der Waals surface area contributed by atoms with Crippen LogP contribution in [-0.2, 0) is 14.4 Å². The third-order valence-corrected chi connectivity index (χ3v) is 3.47. The van der Waals surface area contributed by atoms with Crippen molar-refractivity contribution in [1.82, 2.24) is 5.48 Å². The molecule has 0 bridgehead atoms. The molecule has 0 spiro atoms. The molecule has 0 saturated carbocycles. The molecule has 2 aromatic rings. The van der Waals surface area contributed by atoms with Crippen LogP contribution in [0.5, 0.6) is 0 Å². The number of amides is 1. The van der Waals surface area contributed by atoms with Gasteiger partial charge in [0.1, 0.15) is 11.2 Å². The van der Waals surface area contributed by atoms with Gasteiger partial charge in [0.15, 0.2) is 0 Å². The minimum atomic E-state index is -0.611. The fourth-order valence-electron chi connectivity index (χ4n) is 1.48. The molecule has 0 aliphatic rings. The van der Waals surface area contributed by atoms with E-state index >= 15 is 0 Å². The maximum atomic E-state index is 11.7. The van der Waals surface area contributed by atoms with Crippen LogP contribution in [0.4, 0.5) is 0 Å². The number of hydroxylamine groups is 1. The Hall–Kier alpha value is -2.21. The smallest absolute Gasteiger partial charge is 0.334 e. The molecule has 0 aliphatic carbocycles. The highest BCUT2D eigenvalue weighted by molar-refractivity contribution is 7.20. The van der Waals surface area contributed by atoms with Crippen LogP contribution in [0.25, 0.3) is 10.1 Å². The van der Waals surface area contributed by atoms with Crippen LogP contribution in [-0.4, -0.2) is 18.2 Å². The fourth-order valence-corrected chi connectivity index (χ4v) is 2.42. The summed E-state index contributed by atoms with van der Waals surface area (Å²) in [5.41, 5.74) is 2.02. The Morgan fingerprint density at radius 3 is 2.84 bits per heavy atom. The lowest BCUT2D eigenvalue weighted by molar-refractivity contribution is -0.130. The number of carbonyl (C=O) groups is 3. The van der Waals surface area contributed by atoms with Gasteiger partial charge in [0.2, 0.25) is 0 Å². The summed E-state index contributed by atoms with van der Waals surface area (Å²) in [6.07, 6.45) is 0.739. The minimum absolute atomic E-state index is 0.00317. The molecule has 1 heterocycles. The normalized spacial score (nSPS) is 10.1. The van der Waals surface area contributed by atoms with Gasteiger partial charge in [0, 0.05) is 17.5 Å². The van der Waals surface area contributed by atoms with E-state index in [0.717, 1.165) is 10.1 Å². The molecule has 2 rings (SSSR count). The lowest BCUT2D eigenvalue weighted by Gasteiger charge is -2.02. The number of hydrogen-bond acceptors (Lipinski definition) is 5. The second-order valence-corrected chi connectivity index (χ2v) is 4.85. The number of hydrogen-bond donors (Lipinski definition) is 1. The van der Waals surface area contributed by atoms with E-state index in [1.807, 2.05) is 29.7 Å². The van der Waals surface area contributed by atoms with Gasteiger partial charge < -0.3 is 9.63 Å². The van der Waals surface area contributed by atoms with Crippen LogP contribution in [0.2, 0.25) is 0 Å². The third-order valence-electron chi connectivity index (χ3n) is 2.37. The molecule has 0 unspecified atom stereocenters. The van der Waals surface area contributed by atoms with Gasteiger partial charge in [0.25, 0.3) is 5.91 Å². The van der Waals surface area contributed by atoms with Crippen molar-refractivity contribution in [3.8, 4) is 0 Å². The molecule has 1 aromatic carbocycles. The molecule has 0 radical (unpaired) electrons. The van der Waals surface area contributed by atoms with E-state index in [2.05, 4.69) is 4.84 Å². The Morgan fingerprint density at radius 1 is 1.32 bits per heavy atom. The number of aldehydes is 1. The van der Waals surface area contributed by atoms with Gasteiger partial charge >= 0.3 is 5.97 Å². The van der Waals surface area contributed by atoms with Crippen molar-refractivity contribution < 1.29 is 19.2 Å². The highest BCUT2D eigenvalue weighted by Crippen LogP contribution is 2.25. The van der Waals surface area contributed by atoms with Gasteiger partial charge in [0.05, 0.1) is 0 Å². The van der Waals surface area contributed by atoms with Gasteiger partial charge in [-0.25, -0.2) is 4.79 Å². The molecule has 0 saturated heterocycles. The topological polar surface area (TPSA) is 72.5 Å². The monoisotopic (exact) mass is 277 g/mol. The first-order valence-electron chi connectivity index (χ1n) is 5.63. The number of nitrogens with one attached hydrogen (secondary N) is 1. The summed E-state index contributed by atoms with van der Waals surface area (Å²) >= 11 is 1.29. The molecule has 0 fully saturated rings. The van der Waals surface area contributed by atoms with Crippen LogP contribution in [0.3, 0.4) is 0 Å². The van der Waals surface area contributed by atoms with Crippen molar-refractivity contribution in [1.29, 1.82) is 0 Å². The number of fused-ring (bicyclic) bond motifs is 1.